The first-order valence-corrected chi connectivity index (χ1v) is 14.9. The largest absolute Gasteiger partial charge is 0.448 e. The van der Waals surface area contributed by atoms with Crippen LogP contribution in [0.2, 0.25) is 5.02 Å². The molecule has 0 bridgehead atoms. The average molecular weight is 599 g/mol. The lowest BCUT2D eigenvalue weighted by Gasteiger charge is -2.49. The van der Waals surface area contributed by atoms with Crippen LogP contribution in [0.1, 0.15) is 24.2 Å². The lowest BCUT2D eigenvalue weighted by atomic mass is 10.0. The fourth-order valence-corrected chi connectivity index (χ4v) is 6.64. The molecule has 6 rings (SSSR count). The topological polar surface area (TPSA) is 101 Å². The van der Waals surface area contributed by atoms with Gasteiger partial charge in [0.25, 0.3) is 5.91 Å². The van der Waals surface area contributed by atoms with Crippen molar-refractivity contribution in [1.29, 1.82) is 0 Å². The molecule has 8 nitrogen and oxygen atoms in total. The normalized spacial score (nSPS) is 18.0. The summed E-state index contributed by atoms with van der Waals surface area (Å²) in [4.78, 5) is 45.6. The van der Waals surface area contributed by atoms with Crippen LogP contribution >= 0.6 is 23.4 Å². The number of anilines is 1. The Hall–Kier alpha value is -4.34. The van der Waals surface area contributed by atoms with Crippen molar-refractivity contribution in [2.75, 3.05) is 17.6 Å². The van der Waals surface area contributed by atoms with E-state index in [1.54, 1.807) is 24.4 Å². The van der Waals surface area contributed by atoms with Gasteiger partial charge in [0.15, 0.2) is 6.10 Å². The lowest BCUT2D eigenvalue weighted by Crippen LogP contribution is -2.70. The fraction of sp³-hybridized carbons (Fsp3) is 0.188. The van der Waals surface area contributed by atoms with Crippen molar-refractivity contribution >= 4 is 57.7 Å². The first-order valence-electron chi connectivity index (χ1n) is 13.4. The van der Waals surface area contributed by atoms with Crippen LogP contribution in [0.5, 0.6) is 0 Å². The van der Waals surface area contributed by atoms with Crippen molar-refractivity contribution in [2.24, 2.45) is 0 Å². The Morgan fingerprint density at radius 1 is 1.05 bits per heavy atom. The third-order valence-corrected chi connectivity index (χ3v) is 8.90. The fourth-order valence-electron chi connectivity index (χ4n) is 5.18. The van der Waals surface area contributed by atoms with Crippen molar-refractivity contribution in [2.45, 2.75) is 24.4 Å². The standard InChI is InChI=1S/C32H27ClN4O4S/c1-19-18-42-31-27(36-26(38)17-35-24-14-15-34-25-16-22(33)12-13-23(24)25)30(39)37(31)28(19)32(40)41-29(20-8-4-2-5-9-20)21-10-6-3-7-11-21/h2-16,27,29,31H,17-18H2,1H3,(H,34,35)(H,36,38)/t27-,31-/m1/s1. The predicted molar refractivity (Wildman–Crippen MR) is 164 cm³/mol. The number of nitrogens with zero attached hydrogens (tertiary/aromatic N) is 2. The predicted octanol–water partition coefficient (Wildman–Crippen LogP) is 5.31. The quantitative estimate of drug-likeness (QED) is 0.209. The number of hydrogen-bond donors (Lipinski definition) is 2. The molecule has 2 aliphatic heterocycles. The molecule has 0 radical (unpaired) electrons. The molecule has 2 atom stereocenters. The number of thioether (sulfide) groups is 1. The number of carbonyl (C=O) groups excluding carboxylic acids is 3. The van der Waals surface area contributed by atoms with E-state index in [9.17, 15) is 14.4 Å². The van der Waals surface area contributed by atoms with E-state index >= 15 is 0 Å². The summed E-state index contributed by atoms with van der Waals surface area (Å²) in [7, 11) is 0. The van der Waals surface area contributed by atoms with Gasteiger partial charge in [-0.1, -0.05) is 72.3 Å². The molecular weight excluding hydrogens is 572 g/mol. The number of esters is 1. The van der Waals surface area contributed by atoms with Crippen LogP contribution < -0.4 is 10.6 Å². The Morgan fingerprint density at radius 3 is 2.43 bits per heavy atom. The summed E-state index contributed by atoms with van der Waals surface area (Å²) < 4.78 is 6.07. The molecule has 1 saturated heterocycles. The molecule has 212 valence electrons. The van der Waals surface area contributed by atoms with Crippen molar-refractivity contribution in [1.82, 2.24) is 15.2 Å². The molecule has 0 aliphatic carbocycles. The van der Waals surface area contributed by atoms with Crippen molar-refractivity contribution < 1.29 is 19.1 Å². The van der Waals surface area contributed by atoms with Crippen LogP contribution in [0.3, 0.4) is 0 Å². The summed E-state index contributed by atoms with van der Waals surface area (Å²) in [5, 5.41) is 6.96. The second-order valence-electron chi connectivity index (χ2n) is 10.1. The molecule has 2 aliphatic rings. The third-order valence-electron chi connectivity index (χ3n) is 7.24. The van der Waals surface area contributed by atoms with E-state index in [2.05, 4.69) is 15.6 Å². The smallest absolute Gasteiger partial charge is 0.356 e. The zero-order valence-corrected chi connectivity index (χ0v) is 24.2. The minimum atomic E-state index is -0.743. The summed E-state index contributed by atoms with van der Waals surface area (Å²) in [5.74, 6) is -0.709. The summed E-state index contributed by atoms with van der Waals surface area (Å²) in [6.07, 6.45) is 1.01. The number of hydrogen-bond acceptors (Lipinski definition) is 7. The van der Waals surface area contributed by atoms with Crippen LogP contribution in [0, 0.1) is 0 Å². The molecule has 3 aromatic carbocycles. The summed E-state index contributed by atoms with van der Waals surface area (Å²) in [6.45, 7) is 1.79. The molecule has 0 spiro atoms. The van der Waals surface area contributed by atoms with Crippen LogP contribution in [-0.4, -0.2) is 51.4 Å². The Labute approximate surface area is 252 Å². The van der Waals surface area contributed by atoms with Gasteiger partial charge in [-0.05, 0) is 47.9 Å². The second-order valence-corrected chi connectivity index (χ2v) is 11.6. The van der Waals surface area contributed by atoms with E-state index in [-0.39, 0.29) is 24.1 Å². The number of β-lactam (4-membered cyclic amide) rings is 1. The third kappa shape index (κ3) is 5.45. The van der Waals surface area contributed by atoms with Crippen LogP contribution in [-0.2, 0) is 19.1 Å². The molecular formula is C32H27ClN4O4S. The number of benzene rings is 3. The number of fused-ring (bicyclic) bond motifs is 2. The Balaban J connectivity index is 1.13. The van der Waals surface area contributed by atoms with Gasteiger partial charge in [-0.25, -0.2) is 4.79 Å². The first-order chi connectivity index (χ1) is 20.4. The van der Waals surface area contributed by atoms with Crippen molar-refractivity contribution in [3.8, 4) is 0 Å². The maximum atomic E-state index is 13.6. The highest BCUT2D eigenvalue weighted by atomic mass is 35.5. The number of halogens is 1. The number of amides is 2. The molecule has 0 saturated carbocycles. The van der Waals surface area contributed by atoms with E-state index in [4.69, 9.17) is 16.3 Å². The van der Waals surface area contributed by atoms with Gasteiger partial charge in [0, 0.05) is 28.0 Å². The van der Waals surface area contributed by atoms with E-state index < -0.39 is 23.5 Å². The zero-order chi connectivity index (χ0) is 29.2. The van der Waals surface area contributed by atoms with Gasteiger partial charge in [0.1, 0.15) is 17.1 Å². The molecule has 2 N–H and O–H groups in total. The van der Waals surface area contributed by atoms with Crippen LogP contribution in [0.25, 0.3) is 10.9 Å². The van der Waals surface area contributed by atoms with Gasteiger partial charge in [0.05, 0.1) is 12.1 Å². The second kappa shape index (κ2) is 11.9. The summed E-state index contributed by atoms with van der Waals surface area (Å²) in [6, 6.07) is 25.4. The molecule has 4 aromatic rings. The number of carbonyl (C=O) groups is 3. The Morgan fingerprint density at radius 2 is 1.74 bits per heavy atom. The minimum absolute atomic E-state index is 0.0392. The Bertz CT molecular complexity index is 1660. The highest BCUT2D eigenvalue weighted by Gasteiger charge is 2.54. The number of ether oxygens (including phenoxy) is 1. The van der Waals surface area contributed by atoms with Gasteiger partial charge in [-0.2, -0.15) is 0 Å². The highest BCUT2D eigenvalue weighted by molar-refractivity contribution is 8.00. The molecule has 2 amide bonds. The van der Waals surface area contributed by atoms with Crippen molar-refractivity contribution in [3.63, 3.8) is 0 Å². The lowest BCUT2D eigenvalue weighted by molar-refractivity contribution is -0.154. The van der Waals surface area contributed by atoms with E-state index in [0.717, 1.165) is 27.8 Å². The van der Waals surface area contributed by atoms with Gasteiger partial charge >= 0.3 is 5.97 Å². The molecule has 10 heteroatoms. The van der Waals surface area contributed by atoms with Gasteiger partial charge in [-0.15, -0.1) is 11.8 Å². The van der Waals surface area contributed by atoms with E-state index in [1.165, 1.54) is 16.7 Å². The number of rotatable bonds is 8. The molecule has 1 aromatic heterocycles. The maximum absolute atomic E-state index is 13.6. The average Bonchev–Trinajstić information content (AvgIpc) is 3.01. The van der Waals surface area contributed by atoms with E-state index in [1.807, 2.05) is 73.7 Å². The summed E-state index contributed by atoms with van der Waals surface area (Å²) >= 11 is 7.58. The van der Waals surface area contributed by atoms with E-state index in [0.29, 0.717) is 16.3 Å². The monoisotopic (exact) mass is 598 g/mol. The zero-order valence-electron chi connectivity index (χ0n) is 22.6. The number of nitrogens with one attached hydrogen (secondary N) is 2. The maximum Gasteiger partial charge on any atom is 0.356 e. The van der Waals surface area contributed by atoms with Gasteiger partial charge in [0.2, 0.25) is 5.91 Å². The molecule has 42 heavy (non-hydrogen) atoms. The molecule has 3 heterocycles. The summed E-state index contributed by atoms with van der Waals surface area (Å²) in [5.41, 5.74) is 4.09. The highest BCUT2D eigenvalue weighted by Crippen LogP contribution is 2.41. The van der Waals surface area contributed by atoms with Crippen molar-refractivity contribution in [3.05, 3.63) is 119 Å². The number of pyridine rings is 1. The van der Waals surface area contributed by atoms with Crippen LogP contribution in [0.15, 0.2) is 102 Å². The minimum Gasteiger partial charge on any atom is -0.448 e. The number of aromatic nitrogens is 1. The van der Waals surface area contributed by atoms with Gasteiger partial charge < -0.3 is 15.4 Å². The molecule has 0 unspecified atom stereocenters. The van der Waals surface area contributed by atoms with Gasteiger partial charge in [-0.3, -0.25) is 19.5 Å². The van der Waals surface area contributed by atoms with Crippen LogP contribution in [0.4, 0.5) is 5.69 Å². The first kappa shape index (κ1) is 27.8. The Kier molecular flexibility index (Phi) is 7.86. The molecule has 1 fully saturated rings. The SMILES string of the molecule is CC1=C(C(=O)OC(c2ccccc2)c2ccccc2)N2C(=O)[C@@H](NC(=O)CNc3ccnc4cc(Cl)ccc34)[C@H]2SC1.